The lowest BCUT2D eigenvalue weighted by Gasteiger charge is -2.62. The standard InChI is InChI=1S/C25H34O12/c1-11-9-17(33-13(3)27)20(34-14(4)28)24(10-32-12(2)26)22(36-16(6)30)19(31)18-21(35-15(5)29)25(11,24)37-23(18,7)8/h11,17-18,20-22H,9-10H2,1-8H3/t11-,17+,18-,20+,21-,22-,24+,25-/m1/s1. The van der Waals surface area contributed by atoms with E-state index in [4.69, 9.17) is 28.4 Å². The molecule has 0 radical (unpaired) electrons. The molecule has 1 saturated heterocycles. The van der Waals surface area contributed by atoms with E-state index >= 15 is 0 Å². The first-order valence-corrected chi connectivity index (χ1v) is 12.1. The Labute approximate surface area is 214 Å². The summed E-state index contributed by atoms with van der Waals surface area (Å²) in [5, 5.41) is 0. The summed E-state index contributed by atoms with van der Waals surface area (Å²) in [6.07, 6.45) is -5.42. The molecule has 2 bridgehead atoms. The van der Waals surface area contributed by atoms with Crippen LogP contribution in [0.5, 0.6) is 0 Å². The number of hydrogen-bond donors (Lipinski definition) is 0. The van der Waals surface area contributed by atoms with Gasteiger partial charge in [0, 0.05) is 34.6 Å². The maximum absolute atomic E-state index is 14.2. The van der Waals surface area contributed by atoms with Crippen molar-refractivity contribution in [2.75, 3.05) is 6.61 Å². The molecule has 37 heavy (non-hydrogen) atoms. The van der Waals surface area contributed by atoms with Gasteiger partial charge in [-0.3, -0.25) is 28.8 Å². The number of rotatable bonds is 6. The SMILES string of the molecule is CC(=O)OC[C@]12[C@H](OC(C)=O)C(=O)[C@@H]3[C@@H](OC(C)=O)[C@]1(OC3(C)C)[C@H](C)C[C@H](OC(C)=O)[C@@H]2OC(C)=O. The van der Waals surface area contributed by atoms with Gasteiger partial charge in [-0.15, -0.1) is 0 Å². The molecule has 12 heteroatoms. The molecule has 0 aromatic heterocycles. The van der Waals surface area contributed by atoms with Crippen molar-refractivity contribution in [3.63, 3.8) is 0 Å². The molecule has 3 fully saturated rings. The zero-order chi connectivity index (χ0) is 28.1. The average Bonchev–Trinajstić information content (AvgIpc) is 2.92. The molecule has 0 N–H and O–H groups in total. The van der Waals surface area contributed by atoms with Crippen LogP contribution in [0.25, 0.3) is 0 Å². The highest BCUT2D eigenvalue weighted by molar-refractivity contribution is 5.93. The first kappa shape index (κ1) is 28.5. The number of fused-ring (bicyclic) bond motifs is 1. The Balaban J connectivity index is 2.45. The molecule has 0 aromatic carbocycles. The van der Waals surface area contributed by atoms with Gasteiger partial charge < -0.3 is 28.4 Å². The van der Waals surface area contributed by atoms with E-state index in [9.17, 15) is 28.8 Å². The van der Waals surface area contributed by atoms with E-state index in [0.717, 1.165) is 20.8 Å². The number of Topliss-reactive ketones (excluding diaryl/α,β-unsaturated/α-hetero) is 1. The maximum Gasteiger partial charge on any atom is 0.303 e. The van der Waals surface area contributed by atoms with Gasteiger partial charge in [0.25, 0.3) is 0 Å². The van der Waals surface area contributed by atoms with Crippen molar-refractivity contribution in [2.24, 2.45) is 17.3 Å². The average molecular weight is 527 g/mol. The molecule has 206 valence electrons. The molecular weight excluding hydrogens is 492 g/mol. The van der Waals surface area contributed by atoms with Gasteiger partial charge in [0.05, 0.1) is 11.5 Å². The predicted molar refractivity (Wildman–Crippen MR) is 121 cm³/mol. The van der Waals surface area contributed by atoms with Gasteiger partial charge in [-0.05, 0) is 26.2 Å². The summed E-state index contributed by atoms with van der Waals surface area (Å²) in [4.78, 5) is 75.4. The van der Waals surface area contributed by atoms with Crippen LogP contribution < -0.4 is 0 Å². The van der Waals surface area contributed by atoms with Gasteiger partial charge in [0.1, 0.15) is 29.8 Å². The highest BCUT2D eigenvalue weighted by Crippen LogP contribution is 2.67. The molecule has 1 aliphatic heterocycles. The molecule has 12 nitrogen and oxygen atoms in total. The highest BCUT2D eigenvalue weighted by atomic mass is 16.6. The Kier molecular flexibility index (Phi) is 7.48. The Morgan fingerprint density at radius 1 is 0.811 bits per heavy atom. The second-order valence-corrected chi connectivity index (χ2v) is 10.5. The first-order valence-electron chi connectivity index (χ1n) is 12.1. The van der Waals surface area contributed by atoms with Gasteiger partial charge in [0.2, 0.25) is 0 Å². The van der Waals surface area contributed by atoms with Crippen LogP contribution in [-0.2, 0) is 57.2 Å². The van der Waals surface area contributed by atoms with Crippen molar-refractivity contribution in [1.29, 1.82) is 0 Å². The Morgan fingerprint density at radius 2 is 1.32 bits per heavy atom. The summed E-state index contributed by atoms with van der Waals surface area (Å²) in [7, 11) is 0. The number of ether oxygens (including phenoxy) is 6. The van der Waals surface area contributed by atoms with Gasteiger partial charge in [-0.1, -0.05) is 6.92 Å². The fraction of sp³-hybridized carbons (Fsp3) is 0.760. The van der Waals surface area contributed by atoms with Crippen LogP contribution in [0.4, 0.5) is 0 Å². The third-order valence-electron chi connectivity index (χ3n) is 7.53. The first-order chi connectivity index (χ1) is 17.0. The fourth-order valence-corrected chi connectivity index (χ4v) is 6.67. The lowest BCUT2D eigenvalue weighted by atomic mass is 9.47. The molecule has 0 aromatic rings. The molecule has 3 rings (SSSR count). The van der Waals surface area contributed by atoms with Gasteiger partial charge in [0.15, 0.2) is 18.0 Å². The summed E-state index contributed by atoms with van der Waals surface area (Å²) in [6.45, 7) is 10.1. The second-order valence-electron chi connectivity index (χ2n) is 10.5. The van der Waals surface area contributed by atoms with E-state index in [-0.39, 0.29) is 6.42 Å². The minimum absolute atomic E-state index is 0.0703. The van der Waals surface area contributed by atoms with Gasteiger partial charge in [-0.2, -0.15) is 0 Å². The van der Waals surface area contributed by atoms with Gasteiger partial charge in [-0.25, -0.2) is 0 Å². The van der Waals surface area contributed by atoms with Crippen LogP contribution in [0.3, 0.4) is 0 Å². The molecule has 8 atom stereocenters. The minimum Gasteiger partial charge on any atom is -0.465 e. The number of carbonyl (C=O) groups excluding carboxylic acids is 6. The van der Waals surface area contributed by atoms with Crippen molar-refractivity contribution in [3.8, 4) is 0 Å². The van der Waals surface area contributed by atoms with Crippen LogP contribution in [0.1, 0.15) is 61.8 Å². The third-order valence-corrected chi connectivity index (χ3v) is 7.53. The summed E-state index contributed by atoms with van der Waals surface area (Å²) < 4.78 is 34.7. The quantitative estimate of drug-likeness (QED) is 0.358. The Bertz CT molecular complexity index is 1020. The zero-order valence-corrected chi connectivity index (χ0v) is 22.3. The lowest BCUT2D eigenvalue weighted by molar-refractivity contribution is -0.314. The van der Waals surface area contributed by atoms with E-state index < -0.39 is 95.1 Å². The highest BCUT2D eigenvalue weighted by Gasteiger charge is 2.85. The molecular formula is C25H34O12. The molecule has 2 aliphatic carbocycles. The van der Waals surface area contributed by atoms with Crippen molar-refractivity contribution in [2.45, 2.75) is 97.4 Å². The Hall–Kier alpha value is -3.02. The number of hydrogen-bond acceptors (Lipinski definition) is 12. The summed E-state index contributed by atoms with van der Waals surface area (Å²) in [6, 6.07) is 0. The van der Waals surface area contributed by atoms with Gasteiger partial charge >= 0.3 is 29.8 Å². The molecule has 1 spiro atoms. The molecule has 0 amide bonds. The van der Waals surface area contributed by atoms with Crippen LogP contribution in [0.2, 0.25) is 0 Å². The second kappa shape index (κ2) is 9.70. The van der Waals surface area contributed by atoms with Crippen molar-refractivity contribution < 1.29 is 57.2 Å². The molecule has 0 unspecified atom stereocenters. The molecule has 2 saturated carbocycles. The smallest absolute Gasteiger partial charge is 0.303 e. The minimum atomic E-state index is -1.95. The van der Waals surface area contributed by atoms with Crippen LogP contribution >= 0.6 is 0 Å². The summed E-state index contributed by atoms with van der Waals surface area (Å²) >= 11 is 0. The van der Waals surface area contributed by atoms with E-state index in [1.54, 1.807) is 20.8 Å². The third kappa shape index (κ3) is 4.49. The van der Waals surface area contributed by atoms with Crippen molar-refractivity contribution in [3.05, 3.63) is 0 Å². The number of esters is 5. The van der Waals surface area contributed by atoms with Crippen molar-refractivity contribution in [1.82, 2.24) is 0 Å². The fourth-order valence-electron chi connectivity index (χ4n) is 6.67. The van der Waals surface area contributed by atoms with E-state index in [2.05, 4.69) is 0 Å². The van der Waals surface area contributed by atoms with Crippen LogP contribution in [0, 0.1) is 17.3 Å². The van der Waals surface area contributed by atoms with Crippen LogP contribution in [0.15, 0.2) is 0 Å². The summed E-state index contributed by atoms with van der Waals surface area (Å²) in [5.41, 5.74) is -4.85. The summed E-state index contributed by atoms with van der Waals surface area (Å²) in [5.74, 6) is -6.15. The monoisotopic (exact) mass is 526 g/mol. The Morgan fingerprint density at radius 3 is 1.81 bits per heavy atom. The van der Waals surface area contributed by atoms with Crippen molar-refractivity contribution >= 4 is 35.6 Å². The molecule has 1 heterocycles. The topological polar surface area (TPSA) is 158 Å². The van der Waals surface area contributed by atoms with Crippen LogP contribution in [-0.4, -0.2) is 77.9 Å². The van der Waals surface area contributed by atoms with E-state index in [1.165, 1.54) is 13.8 Å². The lowest BCUT2D eigenvalue weighted by Crippen LogP contribution is -2.80. The number of ketones is 1. The number of carbonyl (C=O) groups is 6. The maximum atomic E-state index is 14.2. The predicted octanol–water partition coefficient (Wildman–Crippen LogP) is 1.05. The molecule has 3 aliphatic rings. The zero-order valence-electron chi connectivity index (χ0n) is 22.3. The normalized spacial score (nSPS) is 37.6. The van der Waals surface area contributed by atoms with E-state index in [0.29, 0.717) is 0 Å². The van der Waals surface area contributed by atoms with E-state index in [1.807, 2.05) is 0 Å². The largest absolute Gasteiger partial charge is 0.465 e.